The summed E-state index contributed by atoms with van der Waals surface area (Å²) < 4.78 is 11.6. The maximum Gasteiger partial charge on any atom is 0.313 e. The monoisotopic (exact) mass is 374 g/mol. The van der Waals surface area contributed by atoms with E-state index in [4.69, 9.17) is 9.47 Å². The predicted molar refractivity (Wildman–Crippen MR) is 102 cm³/mol. The van der Waals surface area contributed by atoms with Gasteiger partial charge in [0.2, 0.25) is 0 Å². The zero-order chi connectivity index (χ0) is 19.4. The van der Waals surface area contributed by atoms with E-state index in [2.05, 4.69) is 0 Å². The number of esters is 1. The number of ketones is 1. The number of hydrogen-bond acceptors (Lipinski definition) is 5. The Hall–Kier alpha value is -2.04. The van der Waals surface area contributed by atoms with Crippen molar-refractivity contribution >= 4 is 11.8 Å². The molecule has 1 aromatic rings. The molecule has 1 N–H and O–H groups in total. The van der Waals surface area contributed by atoms with Crippen molar-refractivity contribution in [3.05, 3.63) is 23.3 Å². The molecular weight excluding hydrogens is 344 g/mol. The maximum absolute atomic E-state index is 12.2. The largest absolute Gasteiger partial charge is 0.508 e. The van der Waals surface area contributed by atoms with Crippen LogP contribution < -0.4 is 4.74 Å². The molecule has 1 unspecified atom stereocenters. The molecule has 0 bridgehead atoms. The van der Waals surface area contributed by atoms with Gasteiger partial charge in [0.15, 0.2) is 0 Å². The highest BCUT2D eigenvalue weighted by atomic mass is 16.6. The molecule has 5 heteroatoms. The van der Waals surface area contributed by atoms with E-state index in [0.29, 0.717) is 31.6 Å². The Morgan fingerprint density at radius 1 is 1.19 bits per heavy atom. The number of phenols is 1. The lowest BCUT2D eigenvalue weighted by Gasteiger charge is -2.41. The molecule has 0 aromatic heterocycles. The van der Waals surface area contributed by atoms with Crippen molar-refractivity contribution < 1.29 is 24.2 Å². The molecule has 2 fully saturated rings. The molecule has 1 saturated carbocycles. The summed E-state index contributed by atoms with van der Waals surface area (Å²) in [5.74, 6) is 0.770. The van der Waals surface area contributed by atoms with Crippen LogP contribution >= 0.6 is 0 Å². The first-order valence-electron chi connectivity index (χ1n) is 10.2. The molecule has 0 spiro atoms. The summed E-state index contributed by atoms with van der Waals surface area (Å²) in [5, 5.41) is 10.2. The van der Waals surface area contributed by atoms with Crippen molar-refractivity contribution in [1.82, 2.24) is 0 Å². The smallest absolute Gasteiger partial charge is 0.313 e. The van der Waals surface area contributed by atoms with Crippen LogP contribution in [0.15, 0.2) is 12.1 Å². The second-order valence-electron chi connectivity index (χ2n) is 7.79. The Morgan fingerprint density at radius 3 is 2.56 bits per heavy atom. The minimum atomic E-state index is -0.684. The predicted octanol–water partition coefficient (Wildman–Crippen LogP) is 4.12. The molecule has 1 aliphatic carbocycles. The fourth-order valence-electron chi connectivity index (χ4n) is 4.66. The molecular formula is C22H30O5. The lowest BCUT2D eigenvalue weighted by Crippen LogP contribution is -2.48. The van der Waals surface area contributed by atoms with Gasteiger partial charge in [-0.25, -0.2) is 0 Å². The average Bonchev–Trinajstić information content (AvgIpc) is 3.16. The molecule has 1 aliphatic heterocycles. The van der Waals surface area contributed by atoms with Gasteiger partial charge in [0, 0.05) is 12.5 Å². The van der Waals surface area contributed by atoms with E-state index in [0.717, 1.165) is 43.2 Å². The fourth-order valence-corrected chi connectivity index (χ4v) is 4.66. The summed E-state index contributed by atoms with van der Waals surface area (Å²) in [6.07, 6.45) is 6.49. The number of carbonyl (C=O) groups excluding carboxylic acids is 2. The summed E-state index contributed by atoms with van der Waals surface area (Å²) >= 11 is 0. The van der Waals surface area contributed by atoms with Gasteiger partial charge in [0.25, 0.3) is 0 Å². The summed E-state index contributed by atoms with van der Waals surface area (Å²) in [6.45, 7) is 4.43. The van der Waals surface area contributed by atoms with E-state index in [1.165, 1.54) is 0 Å². The van der Waals surface area contributed by atoms with Crippen molar-refractivity contribution in [1.29, 1.82) is 0 Å². The van der Waals surface area contributed by atoms with Gasteiger partial charge in [-0.3, -0.25) is 9.59 Å². The molecule has 0 amide bonds. The molecule has 148 valence electrons. The zero-order valence-electron chi connectivity index (χ0n) is 16.4. The highest BCUT2D eigenvalue weighted by molar-refractivity contribution is 5.98. The fraction of sp³-hybridized carbons (Fsp3) is 0.636. The highest BCUT2D eigenvalue weighted by Gasteiger charge is 2.47. The van der Waals surface area contributed by atoms with Gasteiger partial charge in [-0.1, -0.05) is 19.8 Å². The molecule has 1 saturated heterocycles. The Morgan fingerprint density at radius 2 is 1.93 bits per heavy atom. The maximum atomic E-state index is 12.2. The van der Waals surface area contributed by atoms with Gasteiger partial charge in [-0.05, 0) is 62.1 Å². The third kappa shape index (κ3) is 4.28. The van der Waals surface area contributed by atoms with Crippen LogP contribution in [0.2, 0.25) is 0 Å². The van der Waals surface area contributed by atoms with Gasteiger partial charge in [-0.15, -0.1) is 0 Å². The minimum Gasteiger partial charge on any atom is -0.508 e. The van der Waals surface area contributed by atoms with Gasteiger partial charge >= 0.3 is 5.97 Å². The van der Waals surface area contributed by atoms with Crippen LogP contribution in [0.25, 0.3) is 0 Å². The van der Waals surface area contributed by atoms with Crippen LogP contribution in [0, 0.1) is 5.92 Å². The Labute approximate surface area is 161 Å². The minimum absolute atomic E-state index is 0.0110. The number of Topliss-reactive ketones (excluding diaryl/α,β-unsaturated/α-hetero) is 1. The third-order valence-electron chi connectivity index (χ3n) is 6.01. The van der Waals surface area contributed by atoms with Crippen LogP contribution in [0.1, 0.15) is 69.9 Å². The van der Waals surface area contributed by atoms with Gasteiger partial charge in [0.05, 0.1) is 6.61 Å². The standard InChI is InChI=1S/C22H30O5/c1-3-15-11-16(20(26-4-2)13-19(15)24)9-10-22(17-7-5-6-8-17)14-18(23)12-21(25)27-22/h11,13,17,24H,3-10,12,14H2,1-2H3. The van der Waals surface area contributed by atoms with Crippen molar-refractivity contribution in [3.63, 3.8) is 0 Å². The molecule has 3 rings (SSSR count). The summed E-state index contributed by atoms with van der Waals surface area (Å²) in [5.41, 5.74) is 1.19. The lowest BCUT2D eigenvalue weighted by atomic mass is 9.76. The Balaban J connectivity index is 1.87. The van der Waals surface area contributed by atoms with Crippen molar-refractivity contribution in [3.8, 4) is 11.5 Å². The SMILES string of the molecule is CCOc1cc(O)c(CC)cc1CCC1(C2CCCC2)CC(=O)CC(=O)O1. The quantitative estimate of drug-likeness (QED) is 0.574. The van der Waals surface area contributed by atoms with Gasteiger partial charge in [0.1, 0.15) is 29.3 Å². The van der Waals surface area contributed by atoms with E-state index in [9.17, 15) is 14.7 Å². The number of phenolic OH excluding ortho intramolecular Hbond substituents is 1. The second kappa shape index (κ2) is 8.32. The Bertz CT molecular complexity index is 687. The van der Waals surface area contributed by atoms with Crippen LogP contribution in [-0.2, 0) is 27.2 Å². The summed E-state index contributed by atoms with van der Waals surface area (Å²) in [7, 11) is 0. The first-order valence-corrected chi connectivity index (χ1v) is 10.2. The van der Waals surface area contributed by atoms with Crippen LogP contribution in [-0.4, -0.2) is 29.1 Å². The van der Waals surface area contributed by atoms with Crippen molar-refractivity contribution in [2.24, 2.45) is 5.92 Å². The molecule has 1 aromatic carbocycles. The number of ether oxygens (including phenoxy) is 2. The number of carbonyl (C=O) groups is 2. The van der Waals surface area contributed by atoms with Crippen molar-refractivity contribution in [2.75, 3.05) is 6.61 Å². The molecule has 5 nitrogen and oxygen atoms in total. The van der Waals surface area contributed by atoms with E-state index >= 15 is 0 Å². The first-order chi connectivity index (χ1) is 13.0. The average molecular weight is 374 g/mol. The van der Waals surface area contributed by atoms with Crippen LogP contribution in [0.5, 0.6) is 11.5 Å². The van der Waals surface area contributed by atoms with Crippen LogP contribution in [0.4, 0.5) is 0 Å². The first kappa shape index (κ1) is 19.7. The number of hydrogen-bond donors (Lipinski definition) is 1. The summed E-state index contributed by atoms with van der Waals surface area (Å²) in [6, 6.07) is 3.66. The third-order valence-corrected chi connectivity index (χ3v) is 6.01. The number of rotatable bonds is 7. The van der Waals surface area contributed by atoms with Gasteiger partial charge in [-0.2, -0.15) is 0 Å². The van der Waals surface area contributed by atoms with Crippen LogP contribution in [0.3, 0.4) is 0 Å². The number of aryl methyl sites for hydroxylation is 2. The topological polar surface area (TPSA) is 72.8 Å². The number of benzene rings is 1. The van der Waals surface area contributed by atoms with Gasteiger partial charge < -0.3 is 14.6 Å². The van der Waals surface area contributed by atoms with E-state index in [1.807, 2.05) is 19.9 Å². The molecule has 27 heavy (non-hydrogen) atoms. The van der Waals surface area contributed by atoms with Crippen molar-refractivity contribution in [2.45, 2.75) is 77.2 Å². The van der Waals surface area contributed by atoms with E-state index < -0.39 is 5.60 Å². The lowest BCUT2D eigenvalue weighted by molar-refractivity contribution is -0.178. The van der Waals surface area contributed by atoms with E-state index in [1.54, 1.807) is 6.07 Å². The Kier molecular flexibility index (Phi) is 6.08. The molecule has 1 heterocycles. The zero-order valence-corrected chi connectivity index (χ0v) is 16.4. The number of aromatic hydroxyl groups is 1. The van der Waals surface area contributed by atoms with E-state index in [-0.39, 0.29) is 29.8 Å². The number of cyclic esters (lactones) is 1. The molecule has 0 radical (unpaired) electrons. The normalized spacial score (nSPS) is 23.5. The second-order valence-corrected chi connectivity index (χ2v) is 7.79. The molecule has 1 atom stereocenters. The highest BCUT2D eigenvalue weighted by Crippen LogP contribution is 2.44. The summed E-state index contributed by atoms with van der Waals surface area (Å²) in [4.78, 5) is 24.3. The molecule has 2 aliphatic rings.